The number of halogens is 2. The number of nitrogens with zero attached hydrogens (tertiary/aromatic N) is 1. The summed E-state index contributed by atoms with van der Waals surface area (Å²) in [6.45, 7) is 0.669. The summed E-state index contributed by atoms with van der Waals surface area (Å²) in [5, 5.41) is 7.59. The van der Waals surface area contributed by atoms with E-state index in [0.717, 1.165) is 44.2 Å². The molecule has 0 atom stereocenters. The van der Waals surface area contributed by atoms with Crippen molar-refractivity contribution in [3.8, 4) is 0 Å². The molecule has 1 aliphatic heterocycles. The second-order valence-corrected chi connectivity index (χ2v) is 7.82. The number of nitrogens with one attached hydrogen (secondary N) is 1. The highest BCUT2D eigenvalue weighted by molar-refractivity contribution is 6.31. The third-order valence-corrected chi connectivity index (χ3v) is 5.40. The zero-order valence-electron chi connectivity index (χ0n) is 16.7. The van der Waals surface area contributed by atoms with Gasteiger partial charge in [-0.1, -0.05) is 61.3 Å². The van der Waals surface area contributed by atoms with Gasteiger partial charge in [0, 0.05) is 18.5 Å². The van der Waals surface area contributed by atoms with Crippen LogP contribution in [0.1, 0.15) is 82.6 Å². The lowest BCUT2D eigenvalue weighted by Gasteiger charge is -2.10. The molecule has 2 rings (SSSR count). The van der Waals surface area contributed by atoms with Crippen LogP contribution in [0.4, 0.5) is 4.39 Å². The van der Waals surface area contributed by atoms with Gasteiger partial charge >= 0.3 is 0 Å². The zero-order chi connectivity index (χ0) is 20.0. The quantitative estimate of drug-likeness (QED) is 0.606. The van der Waals surface area contributed by atoms with Crippen molar-refractivity contribution in [3.63, 3.8) is 0 Å². The molecule has 1 fully saturated rings. The summed E-state index contributed by atoms with van der Waals surface area (Å²) in [7, 11) is 0. The lowest BCUT2D eigenvalue weighted by molar-refractivity contribution is -0.121. The van der Waals surface area contributed by atoms with E-state index in [1.807, 2.05) is 0 Å². The number of amides is 1. The Labute approximate surface area is 172 Å². The van der Waals surface area contributed by atoms with Crippen LogP contribution in [0, 0.1) is 5.82 Å². The smallest absolute Gasteiger partial charge is 0.219 e. The Kier molecular flexibility index (Phi) is 11.0. The third-order valence-electron chi connectivity index (χ3n) is 5.05. The summed E-state index contributed by atoms with van der Waals surface area (Å²) in [6, 6.07) is 4.58. The van der Waals surface area contributed by atoms with Gasteiger partial charge in [-0.05, 0) is 44.2 Å². The Hall–Kier alpha value is -1.62. The maximum atomic E-state index is 13.8. The first-order chi connectivity index (χ1) is 13.7. The van der Waals surface area contributed by atoms with E-state index in [-0.39, 0.29) is 18.3 Å². The number of benzene rings is 1. The van der Waals surface area contributed by atoms with Crippen molar-refractivity contribution in [2.45, 2.75) is 83.7 Å². The topological polar surface area (TPSA) is 50.7 Å². The average molecular weight is 411 g/mol. The van der Waals surface area contributed by atoms with Crippen LogP contribution in [-0.2, 0) is 16.2 Å². The van der Waals surface area contributed by atoms with Crippen molar-refractivity contribution in [2.24, 2.45) is 5.16 Å². The van der Waals surface area contributed by atoms with Crippen LogP contribution < -0.4 is 5.32 Å². The van der Waals surface area contributed by atoms with Crippen molar-refractivity contribution in [2.75, 3.05) is 6.54 Å². The van der Waals surface area contributed by atoms with Gasteiger partial charge in [-0.25, -0.2) is 4.39 Å². The van der Waals surface area contributed by atoms with E-state index in [9.17, 15) is 9.18 Å². The Balaban J connectivity index is 1.87. The zero-order valence-corrected chi connectivity index (χ0v) is 17.4. The van der Waals surface area contributed by atoms with Gasteiger partial charge in [0.05, 0.1) is 10.7 Å². The predicted octanol–water partition coefficient (Wildman–Crippen LogP) is 6.16. The highest BCUT2D eigenvalue weighted by atomic mass is 35.5. The average Bonchev–Trinajstić information content (AvgIpc) is 2.67. The van der Waals surface area contributed by atoms with E-state index >= 15 is 0 Å². The standard InChI is InChI=1S/C22H32ClFN2O2/c23-20-13-9-14-21(24)19(20)17-28-26-18-11-7-5-3-1-2-4-6-8-15-22(27)25-16-10-12-18/h9,13-14H,1-8,10-12,15-17H2,(H,25,27)/b26-18+. The summed E-state index contributed by atoms with van der Waals surface area (Å²) < 4.78 is 13.8. The molecule has 0 spiro atoms. The molecule has 0 saturated carbocycles. The molecule has 156 valence electrons. The Morgan fingerprint density at radius 3 is 2.32 bits per heavy atom. The van der Waals surface area contributed by atoms with Crippen LogP contribution in [0.5, 0.6) is 0 Å². The molecule has 1 heterocycles. The number of hydrogen-bond donors (Lipinski definition) is 1. The number of carbonyl (C=O) groups is 1. The Morgan fingerprint density at radius 1 is 0.964 bits per heavy atom. The van der Waals surface area contributed by atoms with Gasteiger partial charge in [0.25, 0.3) is 0 Å². The molecular weight excluding hydrogens is 379 g/mol. The summed E-state index contributed by atoms with van der Waals surface area (Å²) >= 11 is 6.03. The van der Waals surface area contributed by atoms with Gasteiger partial charge < -0.3 is 10.2 Å². The molecule has 0 radical (unpaired) electrons. The SMILES string of the molecule is O=C1CCCCCCCCCC/C(=N\OCc2c(F)cccc2Cl)CCCN1. The first-order valence-corrected chi connectivity index (χ1v) is 10.9. The molecule has 0 aliphatic carbocycles. The second-order valence-electron chi connectivity index (χ2n) is 7.41. The van der Waals surface area contributed by atoms with E-state index in [1.54, 1.807) is 12.1 Å². The summed E-state index contributed by atoms with van der Waals surface area (Å²) in [5.74, 6) is -0.246. The first-order valence-electron chi connectivity index (χ1n) is 10.5. The highest BCUT2D eigenvalue weighted by Gasteiger charge is 2.08. The lowest BCUT2D eigenvalue weighted by atomic mass is 10.0. The van der Waals surface area contributed by atoms with E-state index in [2.05, 4.69) is 10.5 Å². The van der Waals surface area contributed by atoms with Gasteiger partial charge in [-0.2, -0.15) is 0 Å². The van der Waals surface area contributed by atoms with Crippen molar-refractivity contribution in [1.82, 2.24) is 5.32 Å². The molecule has 28 heavy (non-hydrogen) atoms. The molecule has 4 nitrogen and oxygen atoms in total. The lowest BCUT2D eigenvalue weighted by Crippen LogP contribution is -2.24. The predicted molar refractivity (Wildman–Crippen MR) is 112 cm³/mol. The van der Waals surface area contributed by atoms with E-state index < -0.39 is 0 Å². The van der Waals surface area contributed by atoms with Crippen LogP contribution in [0.2, 0.25) is 5.02 Å². The monoisotopic (exact) mass is 410 g/mol. The van der Waals surface area contributed by atoms with Crippen molar-refractivity contribution in [3.05, 3.63) is 34.6 Å². The second kappa shape index (κ2) is 13.5. The molecular formula is C22H32ClFN2O2. The molecule has 1 N–H and O–H groups in total. The van der Waals surface area contributed by atoms with Gasteiger partial charge in [0.1, 0.15) is 12.4 Å². The maximum absolute atomic E-state index is 13.8. The van der Waals surface area contributed by atoms with Crippen LogP contribution in [0.25, 0.3) is 0 Å². The Bertz CT molecular complexity index is 617. The summed E-state index contributed by atoms with van der Waals surface area (Å²) in [6.07, 6.45) is 12.4. The minimum Gasteiger partial charge on any atom is -0.391 e. The molecule has 1 saturated heterocycles. The number of carbonyl (C=O) groups excluding carboxylic acids is 1. The van der Waals surface area contributed by atoms with E-state index in [0.29, 0.717) is 23.6 Å². The van der Waals surface area contributed by atoms with E-state index in [4.69, 9.17) is 16.4 Å². The number of oxime groups is 1. The normalized spacial score (nSPS) is 19.9. The minimum atomic E-state index is -0.381. The van der Waals surface area contributed by atoms with Gasteiger partial charge in [0.2, 0.25) is 5.91 Å². The molecule has 1 aromatic carbocycles. The Morgan fingerprint density at radius 2 is 1.61 bits per heavy atom. The molecule has 0 aromatic heterocycles. The largest absolute Gasteiger partial charge is 0.391 e. The highest BCUT2D eigenvalue weighted by Crippen LogP contribution is 2.20. The molecule has 1 aliphatic rings. The van der Waals surface area contributed by atoms with Crippen LogP contribution in [0.3, 0.4) is 0 Å². The van der Waals surface area contributed by atoms with Gasteiger partial charge in [0.15, 0.2) is 0 Å². The minimum absolute atomic E-state index is 0.0196. The van der Waals surface area contributed by atoms with Gasteiger partial charge in [-0.3, -0.25) is 4.79 Å². The van der Waals surface area contributed by atoms with Crippen molar-refractivity contribution in [1.29, 1.82) is 0 Å². The van der Waals surface area contributed by atoms with E-state index in [1.165, 1.54) is 38.2 Å². The fourth-order valence-corrected chi connectivity index (χ4v) is 3.58. The third kappa shape index (κ3) is 9.05. The van der Waals surface area contributed by atoms with Crippen LogP contribution in [-0.4, -0.2) is 18.2 Å². The van der Waals surface area contributed by atoms with Gasteiger partial charge in [-0.15, -0.1) is 0 Å². The van der Waals surface area contributed by atoms with Crippen molar-refractivity contribution < 1.29 is 14.0 Å². The summed E-state index contributed by atoms with van der Waals surface area (Å²) in [4.78, 5) is 17.3. The fraction of sp³-hybridized carbons (Fsp3) is 0.636. The molecule has 1 amide bonds. The van der Waals surface area contributed by atoms with Crippen LogP contribution >= 0.6 is 11.6 Å². The van der Waals surface area contributed by atoms with Crippen molar-refractivity contribution >= 4 is 23.2 Å². The maximum Gasteiger partial charge on any atom is 0.219 e. The summed E-state index contributed by atoms with van der Waals surface area (Å²) in [5.41, 5.74) is 1.29. The molecule has 6 heteroatoms. The molecule has 1 aromatic rings. The molecule has 0 bridgehead atoms. The first kappa shape index (κ1) is 22.7. The molecule has 0 unspecified atom stereocenters. The van der Waals surface area contributed by atoms with Crippen LogP contribution in [0.15, 0.2) is 23.4 Å². The number of rotatable bonds is 3. The number of hydrogen-bond acceptors (Lipinski definition) is 3. The fourth-order valence-electron chi connectivity index (χ4n) is 3.36.